The third-order valence-electron chi connectivity index (χ3n) is 6.07. The molecular weight excluding hydrogens is 326 g/mol. The van der Waals surface area contributed by atoms with Crippen molar-refractivity contribution >= 4 is 11.7 Å². The van der Waals surface area contributed by atoms with Gasteiger partial charge in [0.1, 0.15) is 5.75 Å². The number of methoxy groups -OCH3 is 1. The Kier molecular flexibility index (Phi) is 4.35. The van der Waals surface area contributed by atoms with Crippen molar-refractivity contribution in [3.63, 3.8) is 0 Å². The highest BCUT2D eigenvalue weighted by Gasteiger charge is 2.41. The zero-order chi connectivity index (χ0) is 18.3. The molecule has 2 aromatic carbocycles. The van der Waals surface area contributed by atoms with E-state index in [4.69, 9.17) is 4.74 Å². The Morgan fingerprint density at radius 2 is 2.04 bits per heavy atom. The van der Waals surface area contributed by atoms with Crippen molar-refractivity contribution in [1.29, 1.82) is 0 Å². The minimum Gasteiger partial charge on any atom is -0.497 e. The van der Waals surface area contributed by atoms with Crippen LogP contribution in [0.2, 0.25) is 0 Å². The molecule has 4 heteroatoms. The van der Waals surface area contributed by atoms with Gasteiger partial charge in [0, 0.05) is 5.69 Å². The average molecular weight is 351 g/mol. The summed E-state index contributed by atoms with van der Waals surface area (Å²) in [6, 6.07) is 12.1. The smallest absolute Gasteiger partial charge is 0.335 e. The number of fused-ring (bicyclic) bond motifs is 3. The molecule has 0 amide bonds. The van der Waals surface area contributed by atoms with Crippen LogP contribution in [0.5, 0.6) is 5.75 Å². The molecule has 2 aromatic rings. The standard InChI is InChI=1S/C22H25NO3/c1-3-13-11-14(22(24)25)7-9-16(13)21-18-6-4-5-17(18)19-12-15(26-2)8-10-20(19)23-21/h7-12,17-18,21,23H,3-6H2,1-2H3,(H,24,25)/t17-,18+,21-/m1/s1. The summed E-state index contributed by atoms with van der Waals surface area (Å²) in [6.45, 7) is 2.10. The molecule has 0 bridgehead atoms. The lowest BCUT2D eigenvalue weighted by molar-refractivity contribution is 0.0696. The van der Waals surface area contributed by atoms with Gasteiger partial charge in [0.25, 0.3) is 0 Å². The van der Waals surface area contributed by atoms with Gasteiger partial charge in [-0.25, -0.2) is 4.79 Å². The van der Waals surface area contributed by atoms with Crippen molar-refractivity contribution in [3.05, 3.63) is 58.7 Å². The summed E-state index contributed by atoms with van der Waals surface area (Å²) in [5.74, 6) is 1.12. The Morgan fingerprint density at radius 3 is 2.77 bits per heavy atom. The molecule has 1 fully saturated rings. The average Bonchev–Trinajstić information content (AvgIpc) is 3.16. The summed E-state index contributed by atoms with van der Waals surface area (Å²) in [4.78, 5) is 11.3. The quantitative estimate of drug-likeness (QED) is 0.813. The van der Waals surface area contributed by atoms with E-state index in [0.29, 0.717) is 17.4 Å². The second-order valence-corrected chi connectivity index (χ2v) is 7.35. The van der Waals surface area contributed by atoms with E-state index in [1.807, 2.05) is 18.2 Å². The highest BCUT2D eigenvalue weighted by molar-refractivity contribution is 5.88. The van der Waals surface area contributed by atoms with Gasteiger partial charge in [0.15, 0.2) is 0 Å². The SMILES string of the molecule is CCc1cc(C(=O)O)ccc1[C@H]1Nc2ccc(OC)cc2[C@@H]2CCC[C@H]12. The van der Waals surface area contributed by atoms with Gasteiger partial charge in [-0.2, -0.15) is 0 Å². The van der Waals surface area contributed by atoms with Gasteiger partial charge in [0.2, 0.25) is 0 Å². The Hall–Kier alpha value is -2.49. The normalized spacial score (nSPS) is 23.7. The fourth-order valence-electron chi connectivity index (χ4n) is 4.81. The van der Waals surface area contributed by atoms with E-state index in [9.17, 15) is 9.90 Å². The minimum atomic E-state index is -0.862. The maximum atomic E-state index is 11.3. The maximum Gasteiger partial charge on any atom is 0.335 e. The Morgan fingerprint density at radius 1 is 1.19 bits per heavy atom. The molecule has 3 atom stereocenters. The second kappa shape index (κ2) is 6.67. The van der Waals surface area contributed by atoms with Crippen molar-refractivity contribution in [2.75, 3.05) is 12.4 Å². The Balaban J connectivity index is 1.77. The van der Waals surface area contributed by atoms with Gasteiger partial charge in [-0.15, -0.1) is 0 Å². The van der Waals surface area contributed by atoms with Crippen LogP contribution in [0.1, 0.15) is 65.2 Å². The molecule has 2 N–H and O–H groups in total. The monoisotopic (exact) mass is 351 g/mol. The molecule has 0 spiro atoms. The molecule has 1 aliphatic heterocycles. The molecule has 1 heterocycles. The van der Waals surface area contributed by atoms with Crippen LogP contribution in [0, 0.1) is 5.92 Å². The number of hydrogen-bond donors (Lipinski definition) is 2. The molecular formula is C22H25NO3. The lowest BCUT2D eigenvalue weighted by Crippen LogP contribution is -2.29. The number of rotatable bonds is 4. The first-order chi connectivity index (χ1) is 12.6. The Bertz CT molecular complexity index is 845. The van der Waals surface area contributed by atoms with Crippen LogP contribution >= 0.6 is 0 Å². The van der Waals surface area contributed by atoms with E-state index in [1.54, 1.807) is 13.2 Å². The molecule has 1 saturated carbocycles. The van der Waals surface area contributed by atoms with Crippen molar-refractivity contribution in [2.24, 2.45) is 5.92 Å². The molecule has 1 aliphatic carbocycles. The van der Waals surface area contributed by atoms with E-state index in [0.717, 1.165) is 17.7 Å². The highest BCUT2D eigenvalue weighted by atomic mass is 16.5. The Labute approximate surface area is 154 Å². The molecule has 4 rings (SSSR count). The fourth-order valence-corrected chi connectivity index (χ4v) is 4.81. The predicted molar refractivity (Wildman–Crippen MR) is 102 cm³/mol. The van der Waals surface area contributed by atoms with Gasteiger partial charge >= 0.3 is 5.97 Å². The first-order valence-corrected chi connectivity index (χ1v) is 9.43. The molecule has 2 aliphatic rings. The van der Waals surface area contributed by atoms with Crippen LogP contribution in [0.3, 0.4) is 0 Å². The summed E-state index contributed by atoms with van der Waals surface area (Å²) >= 11 is 0. The van der Waals surface area contributed by atoms with E-state index in [1.165, 1.54) is 36.1 Å². The summed E-state index contributed by atoms with van der Waals surface area (Å²) < 4.78 is 5.43. The second-order valence-electron chi connectivity index (χ2n) is 7.35. The van der Waals surface area contributed by atoms with Gasteiger partial charge in [-0.05, 0) is 78.1 Å². The number of aryl methyl sites for hydroxylation is 1. The van der Waals surface area contributed by atoms with Crippen LogP contribution in [0.4, 0.5) is 5.69 Å². The summed E-state index contributed by atoms with van der Waals surface area (Å²) in [6.07, 6.45) is 4.47. The first kappa shape index (κ1) is 17.0. The summed E-state index contributed by atoms with van der Waals surface area (Å²) in [5, 5.41) is 13.1. The number of hydrogen-bond acceptors (Lipinski definition) is 3. The number of aromatic carboxylic acids is 1. The molecule has 26 heavy (non-hydrogen) atoms. The largest absolute Gasteiger partial charge is 0.497 e. The molecule has 136 valence electrons. The minimum absolute atomic E-state index is 0.237. The first-order valence-electron chi connectivity index (χ1n) is 9.43. The van der Waals surface area contributed by atoms with Crippen LogP contribution < -0.4 is 10.1 Å². The van der Waals surface area contributed by atoms with E-state index in [-0.39, 0.29) is 6.04 Å². The lowest BCUT2D eigenvalue weighted by Gasteiger charge is -2.38. The summed E-state index contributed by atoms with van der Waals surface area (Å²) in [7, 11) is 1.71. The molecule has 0 saturated heterocycles. The highest BCUT2D eigenvalue weighted by Crippen LogP contribution is 2.53. The number of benzene rings is 2. The fraction of sp³-hybridized carbons (Fsp3) is 0.409. The maximum absolute atomic E-state index is 11.3. The van der Waals surface area contributed by atoms with Crippen LogP contribution in [0.15, 0.2) is 36.4 Å². The third-order valence-corrected chi connectivity index (χ3v) is 6.07. The van der Waals surface area contributed by atoms with E-state index < -0.39 is 5.97 Å². The van der Waals surface area contributed by atoms with Crippen LogP contribution in [-0.2, 0) is 6.42 Å². The number of anilines is 1. The zero-order valence-corrected chi connectivity index (χ0v) is 15.3. The third kappa shape index (κ3) is 2.74. The van der Waals surface area contributed by atoms with Gasteiger partial charge in [-0.3, -0.25) is 0 Å². The van der Waals surface area contributed by atoms with Crippen molar-refractivity contribution < 1.29 is 14.6 Å². The van der Waals surface area contributed by atoms with Gasteiger partial charge < -0.3 is 15.2 Å². The van der Waals surface area contributed by atoms with Crippen LogP contribution in [-0.4, -0.2) is 18.2 Å². The number of carboxylic acid groups (broad SMARTS) is 1. The van der Waals surface area contributed by atoms with Crippen molar-refractivity contribution in [2.45, 2.75) is 44.6 Å². The van der Waals surface area contributed by atoms with Crippen molar-refractivity contribution in [1.82, 2.24) is 0 Å². The summed E-state index contributed by atoms with van der Waals surface area (Å²) in [5.41, 5.74) is 5.29. The molecule has 0 aromatic heterocycles. The van der Waals surface area contributed by atoms with Gasteiger partial charge in [0.05, 0.1) is 18.7 Å². The molecule has 0 unspecified atom stereocenters. The number of carboxylic acids is 1. The van der Waals surface area contributed by atoms with Crippen molar-refractivity contribution in [3.8, 4) is 5.75 Å². The number of carbonyl (C=O) groups is 1. The van der Waals surface area contributed by atoms with Crippen LogP contribution in [0.25, 0.3) is 0 Å². The number of nitrogens with one attached hydrogen (secondary N) is 1. The molecule has 4 nitrogen and oxygen atoms in total. The number of ether oxygens (including phenoxy) is 1. The van der Waals surface area contributed by atoms with Gasteiger partial charge in [-0.1, -0.05) is 19.4 Å². The van der Waals surface area contributed by atoms with E-state index >= 15 is 0 Å². The zero-order valence-electron chi connectivity index (χ0n) is 15.3. The lowest BCUT2D eigenvalue weighted by atomic mass is 9.76. The topological polar surface area (TPSA) is 58.6 Å². The molecule has 0 radical (unpaired) electrons. The van der Waals surface area contributed by atoms with E-state index in [2.05, 4.69) is 24.4 Å². The predicted octanol–water partition coefficient (Wildman–Crippen LogP) is 5.01.